The average molecular weight is 469 g/mol. The van der Waals surface area contributed by atoms with Gasteiger partial charge in [0, 0.05) is 44.5 Å². The largest absolute Gasteiger partial charge is 0.496 e. The van der Waals surface area contributed by atoms with Gasteiger partial charge in [-0.05, 0) is 24.1 Å². The molecule has 7 nitrogen and oxygen atoms in total. The van der Waals surface area contributed by atoms with Crippen LogP contribution in [0.25, 0.3) is 0 Å². The van der Waals surface area contributed by atoms with Gasteiger partial charge < -0.3 is 14.4 Å². The third-order valence-electron chi connectivity index (χ3n) is 6.89. The van der Waals surface area contributed by atoms with Gasteiger partial charge in [-0.1, -0.05) is 36.4 Å². The quantitative estimate of drug-likeness (QED) is 0.557. The predicted molar refractivity (Wildman–Crippen MR) is 123 cm³/mol. The Morgan fingerprint density at radius 2 is 1.85 bits per heavy atom. The number of para-hydroxylation sites is 1. The molecule has 2 aromatic carbocycles. The molecule has 2 heterocycles. The number of carbonyl (C=O) groups is 3. The normalized spacial score (nSPS) is 22.5. The maximum atomic E-state index is 14.3. The Balaban J connectivity index is 1.62. The van der Waals surface area contributed by atoms with E-state index in [9.17, 15) is 18.8 Å². The second-order valence-corrected chi connectivity index (χ2v) is 8.83. The minimum Gasteiger partial charge on any atom is -0.496 e. The molecule has 2 saturated heterocycles. The number of hydrogen-bond donors (Lipinski definition) is 0. The summed E-state index contributed by atoms with van der Waals surface area (Å²) in [5.41, 5.74) is -0.242. The van der Waals surface area contributed by atoms with E-state index in [1.807, 2.05) is 0 Å². The fourth-order valence-corrected chi connectivity index (χ4v) is 5.11. The molecule has 2 aromatic rings. The van der Waals surface area contributed by atoms with Crippen molar-refractivity contribution in [3.8, 4) is 5.75 Å². The first-order valence-electron chi connectivity index (χ1n) is 11.4. The van der Waals surface area contributed by atoms with Gasteiger partial charge in [0.2, 0.25) is 17.7 Å². The van der Waals surface area contributed by atoms with Crippen molar-refractivity contribution in [2.24, 2.45) is 0 Å². The Morgan fingerprint density at radius 1 is 1.12 bits per heavy atom. The van der Waals surface area contributed by atoms with E-state index >= 15 is 0 Å². The highest BCUT2D eigenvalue weighted by Crippen LogP contribution is 2.44. The molecule has 0 aromatic heterocycles. The van der Waals surface area contributed by atoms with Crippen molar-refractivity contribution < 1.29 is 28.2 Å². The highest BCUT2D eigenvalue weighted by Gasteiger charge is 2.55. The maximum absolute atomic E-state index is 14.3. The summed E-state index contributed by atoms with van der Waals surface area (Å²) in [5, 5.41) is 0. The average Bonchev–Trinajstić information content (AvgIpc) is 3.42. The van der Waals surface area contributed by atoms with Gasteiger partial charge in [-0.25, -0.2) is 4.39 Å². The van der Waals surface area contributed by atoms with E-state index in [4.69, 9.17) is 9.47 Å². The molecule has 0 bridgehead atoms. The molecule has 0 aliphatic carbocycles. The fourth-order valence-electron chi connectivity index (χ4n) is 5.11. The van der Waals surface area contributed by atoms with Crippen LogP contribution >= 0.6 is 0 Å². The molecule has 34 heavy (non-hydrogen) atoms. The molecule has 2 fully saturated rings. The van der Waals surface area contributed by atoms with Gasteiger partial charge in [0.05, 0.1) is 25.7 Å². The molecular formula is C26H29FN2O5. The van der Waals surface area contributed by atoms with Crippen molar-refractivity contribution in [1.29, 1.82) is 0 Å². The van der Waals surface area contributed by atoms with E-state index in [1.54, 1.807) is 47.4 Å². The van der Waals surface area contributed by atoms with E-state index < -0.39 is 11.3 Å². The molecule has 2 atom stereocenters. The number of halogens is 1. The number of ether oxygens (including phenoxy) is 2. The summed E-state index contributed by atoms with van der Waals surface area (Å²) in [7, 11) is 3.00. The monoisotopic (exact) mass is 468 g/mol. The number of benzene rings is 2. The summed E-state index contributed by atoms with van der Waals surface area (Å²) >= 11 is 0. The minimum atomic E-state index is -1.36. The van der Waals surface area contributed by atoms with Crippen LogP contribution in [0.2, 0.25) is 0 Å². The molecule has 0 unspecified atom stereocenters. The summed E-state index contributed by atoms with van der Waals surface area (Å²) < 4.78 is 24.9. The van der Waals surface area contributed by atoms with Crippen LogP contribution in [-0.2, 0) is 24.5 Å². The zero-order chi connectivity index (χ0) is 24.3. The van der Waals surface area contributed by atoms with Gasteiger partial charge in [-0.3, -0.25) is 19.3 Å². The number of amides is 3. The van der Waals surface area contributed by atoms with Gasteiger partial charge in [-0.15, -0.1) is 0 Å². The van der Waals surface area contributed by atoms with E-state index in [0.717, 1.165) is 0 Å². The van der Waals surface area contributed by atoms with Crippen LogP contribution < -0.4 is 4.74 Å². The topological polar surface area (TPSA) is 76.2 Å². The summed E-state index contributed by atoms with van der Waals surface area (Å²) in [6, 6.07) is 13.6. The Morgan fingerprint density at radius 3 is 2.59 bits per heavy atom. The smallest absolute Gasteiger partial charge is 0.241 e. The van der Waals surface area contributed by atoms with E-state index in [-0.39, 0.29) is 49.5 Å². The van der Waals surface area contributed by atoms with Crippen molar-refractivity contribution >= 4 is 17.7 Å². The van der Waals surface area contributed by atoms with Gasteiger partial charge in [0.25, 0.3) is 0 Å². The molecule has 2 aliphatic heterocycles. The molecular weight excluding hydrogens is 439 g/mol. The van der Waals surface area contributed by atoms with Crippen LogP contribution in [0.4, 0.5) is 4.39 Å². The lowest BCUT2D eigenvalue weighted by Crippen LogP contribution is -2.44. The number of imide groups is 1. The van der Waals surface area contributed by atoms with Gasteiger partial charge in [-0.2, -0.15) is 0 Å². The van der Waals surface area contributed by atoms with Crippen LogP contribution in [0.3, 0.4) is 0 Å². The Kier molecular flexibility index (Phi) is 6.97. The lowest BCUT2D eigenvalue weighted by molar-refractivity contribution is -0.143. The van der Waals surface area contributed by atoms with Crippen LogP contribution in [0.1, 0.15) is 36.3 Å². The zero-order valence-corrected chi connectivity index (χ0v) is 19.5. The summed E-state index contributed by atoms with van der Waals surface area (Å²) in [5.74, 6) is -0.928. The number of nitrogens with zero attached hydrogens (tertiary/aromatic N) is 2. The summed E-state index contributed by atoms with van der Waals surface area (Å²) in [6.45, 7) is 1.18. The fraction of sp³-hybridized carbons (Fsp3) is 0.423. The van der Waals surface area contributed by atoms with Crippen molar-refractivity contribution in [3.05, 3.63) is 65.5 Å². The van der Waals surface area contributed by atoms with Crippen molar-refractivity contribution in [2.75, 3.05) is 40.5 Å². The lowest BCUT2D eigenvalue weighted by atomic mass is 9.75. The van der Waals surface area contributed by atoms with E-state index in [0.29, 0.717) is 36.4 Å². The number of methoxy groups -OCH3 is 2. The highest BCUT2D eigenvalue weighted by molar-refractivity contribution is 6.11. The van der Waals surface area contributed by atoms with Crippen LogP contribution in [0.5, 0.6) is 5.75 Å². The second kappa shape index (κ2) is 9.93. The van der Waals surface area contributed by atoms with Crippen molar-refractivity contribution in [2.45, 2.75) is 30.6 Å². The minimum absolute atomic E-state index is 0.105. The first-order valence-corrected chi connectivity index (χ1v) is 11.4. The number of rotatable bonds is 8. The summed E-state index contributed by atoms with van der Waals surface area (Å²) in [4.78, 5) is 42.9. The van der Waals surface area contributed by atoms with Crippen molar-refractivity contribution in [3.63, 3.8) is 0 Å². The number of carbonyl (C=O) groups excluding carboxylic acids is 3. The lowest BCUT2D eigenvalue weighted by Gasteiger charge is -2.30. The summed E-state index contributed by atoms with van der Waals surface area (Å²) in [6.07, 6.45) is 0.360. The predicted octanol–water partition coefficient (Wildman–Crippen LogP) is 2.88. The SMILES string of the molecule is COCCN1C(=O)C[C@](CC(=O)N2CC[C@H](c3ccccc3F)C2)(c2ccccc2OC)C1=O. The third kappa shape index (κ3) is 4.30. The zero-order valence-electron chi connectivity index (χ0n) is 19.5. The number of likely N-dealkylation sites (tertiary alicyclic amines) is 2. The molecule has 180 valence electrons. The molecule has 0 saturated carbocycles. The second-order valence-electron chi connectivity index (χ2n) is 8.83. The standard InChI is InChI=1S/C26H29FN2O5/c1-33-14-13-29-24(31)16-26(25(29)32,20-8-4-6-10-22(20)34-2)15-23(30)28-12-11-18(17-28)19-7-3-5-9-21(19)27/h3-10,18H,11-17H2,1-2H3/t18-,26+/m0/s1. The Bertz CT molecular complexity index is 1090. The molecule has 3 amide bonds. The van der Waals surface area contributed by atoms with Crippen molar-refractivity contribution in [1.82, 2.24) is 9.80 Å². The van der Waals surface area contributed by atoms with Crippen LogP contribution in [0, 0.1) is 5.82 Å². The third-order valence-corrected chi connectivity index (χ3v) is 6.89. The number of hydrogen-bond acceptors (Lipinski definition) is 5. The maximum Gasteiger partial charge on any atom is 0.241 e. The van der Waals surface area contributed by atoms with E-state index in [1.165, 1.54) is 25.2 Å². The first kappa shape index (κ1) is 23.9. The van der Waals surface area contributed by atoms with Gasteiger partial charge in [0.15, 0.2) is 0 Å². The van der Waals surface area contributed by atoms with E-state index in [2.05, 4.69) is 0 Å². The van der Waals surface area contributed by atoms with Gasteiger partial charge in [0.1, 0.15) is 11.6 Å². The first-order chi connectivity index (χ1) is 16.4. The molecule has 0 spiro atoms. The van der Waals surface area contributed by atoms with Crippen LogP contribution in [0.15, 0.2) is 48.5 Å². The molecule has 2 aliphatic rings. The molecule has 0 radical (unpaired) electrons. The molecule has 8 heteroatoms. The van der Waals surface area contributed by atoms with Crippen LogP contribution in [-0.4, -0.2) is 68.0 Å². The van der Waals surface area contributed by atoms with Gasteiger partial charge >= 0.3 is 0 Å². The highest BCUT2D eigenvalue weighted by atomic mass is 19.1. The molecule has 0 N–H and O–H groups in total. The molecule has 4 rings (SSSR count). The Hall–Kier alpha value is -3.26. The Labute approximate surface area is 198 Å².